The number of benzene rings is 1. The van der Waals surface area contributed by atoms with Crippen LogP contribution in [0.15, 0.2) is 35.3 Å². The Hall–Kier alpha value is -2.96. The van der Waals surface area contributed by atoms with E-state index in [4.69, 9.17) is 0 Å². The number of amides is 1. The number of H-pyrrole nitrogens is 1. The second-order valence-electron chi connectivity index (χ2n) is 6.86. The van der Waals surface area contributed by atoms with Gasteiger partial charge in [-0.2, -0.15) is 10.1 Å². The van der Waals surface area contributed by atoms with E-state index < -0.39 is 0 Å². The first-order valence-electron chi connectivity index (χ1n) is 8.80. The van der Waals surface area contributed by atoms with E-state index in [0.29, 0.717) is 5.69 Å². The summed E-state index contributed by atoms with van der Waals surface area (Å²) in [5, 5.41) is 7.95. The number of carbonyl (C=O) groups excluding carboxylic acids is 1. The van der Waals surface area contributed by atoms with E-state index >= 15 is 0 Å². The smallest absolute Gasteiger partial charge is 0.343 e. The molecule has 1 amide bonds. The fourth-order valence-corrected chi connectivity index (χ4v) is 3.69. The largest absolute Gasteiger partial charge is 0.348 e. The van der Waals surface area contributed by atoms with Gasteiger partial charge in [0.05, 0.1) is 17.4 Å². The van der Waals surface area contributed by atoms with Gasteiger partial charge in [0.25, 0.3) is 0 Å². The maximum atomic E-state index is 12.4. The van der Waals surface area contributed by atoms with Crippen molar-refractivity contribution in [1.82, 2.24) is 24.6 Å². The van der Waals surface area contributed by atoms with Crippen molar-refractivity contribution in [2.45, 2.75) is 25.7 Å². The zero-order valence-electron chi connectivity index (χ0n) is 14.9. The number of likely N-dealkylation sites (tertiary alicyclic amines) is 1. The van der Waals surface area contributed by atoms with Crippen molar-refractivity contribution >= 4 is 16.8 Å². The van der Waals surface area contributed by atoms with Gasteiger partial charge in [-0.25, -0.2) is 4.79 Å². The minimum Gasteiger partial charge on any atom is -0.343 e. The van der Waals surface area contributed by atoms with Crippen molar-refractivity contribution in [3.63, 3.8) is 0 Å². The molecule has 1 aromatic carbocycles. The topological polar surface area (TPSA) is 83.9 Å². The molecule has 3 aromatic rings. The summed E-state index contributed by atoms with van der Waals surface area (Å²) in [6, 6.07) is 7.89. The predicted molar refractivity (Wildman–Crippen MR) is 98.8 cm³/mol. The molecule has 0 aliphatic carbocycles. The third kappa shape index (κ3) is 2.89. The van der Waals surface area contributed by atoms with Gasteiger partial charge in [0, 0.05) is 49.6 Å². The zero-order valence-corrected chi connectivity index (χ0v) is 14.9. The molecule has 7 heteroatoms. The van der Waals surface area contributed by atoms with Gasteiger partial charge in [-0.3, -0.25) is 14.5 Å². The van der Waals surface area contributed by atoms with Crippen LogP contribution in [0, 0.1) is 0 Å². The molecule has 26 heavy (non-hydrogen) atoms. The normalized spacial score (nSPS) is 15.5. The molecule has 1 saturated heterocycles. The Morgan fingerprint density at radius 1 is 1.23 bits per heavy atom. The molecule has 1 fully saturated rings. The molecule has 3 heterocycles. The van der Waals surface area contributed by atoms with Gasteiger partial charge in [0.2, 0.25) is 5.91 Å². The lowest BCUT2D eigenvalue weighted by atomic mass is 9.92. The molecule has 4 rings (SSSR count). The van der Waals surface area contributed by atoms with Crippen molar-refractivity contribution in [2.75, 3.05) is 13.1 Å². The van der Waals surface area contributed by atoms with Crippen LogP contribution in [0.25, 0.3) is 22.2 Å². The van der Waals surface area contributed by atoms with Crippen LogP contribution in [-0.2, 0) is 11.8 Å². The second kappa shape index (κ2) is 6.40. The van der Waals surface area contributed by atoms with Gasteiger partial charge in [-0.15, -0.1) is 0 Å². The lowest BCUT2D eigenvalue weighted by molar-refractivity contribution is -0.129. The number of nitrogens with one attached hydrogen (secondary N) is 1. The Morgan fingerprint density at radius 3 is 2.73 bits per heavy atom. The quantitative estimate of drug-likeness (QED) is 0.766. The van der Waals surface area contributed by atoms with E-state index in [1.807, 2.05) is 29.2 Å². The van der Waals surface area contributed by atoms with Crippen molar-refractivity contribution < 1.29 is 4.79 Å². The van der Waals surface area contributed by atoms with Crippen LogP contribution in [0.3, 0.4) is 0 Å². The van der Waals surface area contributed by atoms with E-state index in [0.717, 1.165) is 48.1 Å². The molecular weight excluding hydrogens is 330 g/mol. The Kier molecular flexibility index (Phi) is 4.06. The summed E-state index contributed by atoms with van der Waals surface area (Å²) in [6.07, 6.45) is 3.48. The van der Waals surface area contributed by atoms with Gasteiger partial charge in [0.15, 0.2) is 0 Å². The first-order valence-corrected chi connectivity index (χ1v) is 8.80. The summed E-state index contributed by atoms with van der Waals surface area (Å²) in [5.41, 5.74) is 3.27. The fourth-order valence-electron chi connectivity index (χ4n) is 3.69. The number of aromatic nitrogens is 4. The highest BCUT2D eigenvalue weighted by Crippen LogP contribution is 2.29. The molecule has 1 aliphatic rings. The number of hydrogen-bond acceptors (Lipinski definition) is 4. The van der Waals surface area contributed by atoms with Crippen molar-refractivity contribution in [3.8, 4) is 11.3 Å². The van der Waals surface area contributed by atoms with Crippen LogP contribution >= 0.6 is 0 Å². The van der Waals surface area contributed by atoms with Crippen molar-refractivity contribution in [2.24, 2.45) is 7.05 Å². The van der Waals surface area contributed by atoms with E-state index in [2.05, 4.69) is 15.2 Å². The SMILES string of the molecule is CC(=O)N1CCC(c2cc(-c3ccc4[nH]ncc4c3)nc(=O)n2C)CC1. The molecule has 0 unspecified atom stereocenters. The minimum absolute atomic E-state index is 0.112. The molecule has 0 saturated carbocycles. The number of piperidine rings is 1. The zero-order chi connectivity index (χ0) is 18.3. The molecule has 7 nitrogen and oxygen atoms in total. The Morgan fingerprint density at radius 2 is 2.00 bits per heavy atom. The summed E-state index contributed by atoms with van der Waals surface area (Å²) < 4.78 is 1.63. The van der Waals surface area contributed by atoms with Crippen molar-refractivity contribution in [1.29, 1.82) is 0 Å². The molecule has 0 atom stereocenters. The molecule has 1 N–H and O–H groups in total. The molecular formula is C19H21N5O2. The van der Waals surface area contributed by atoms with Crippen LogP contribution in [-0.4, -0.2) is 43.6 Å². The molecule has 0 radical (unpaired) electrons. The molecule has 2 aromatic heterocycles. The Labute approximate surface area is 150 Å². The average molecular weight is 351 g/mol. The predicted octanol–water partition coefficient (Wildman–Crippen LogP) is 2.05. The highest BCUT2D eigenvalue weighted by atomic mass is 16.2. The third-order valence-electron chi connectivity index (χ3n) is 5.27. The number of hydrogen-bond donors (Lipinski definition) is 1. The second-order valence-corrected chi connectivity index (χ2v) is 6.86. The Bertz CT molecular complexity index is 1030. The van der Waals surface area contributed by atoms with Crippen LogP contribution in [0.2, 0.25) is 0 Å². The van der Waals surface area contributed by atoms with E-state index in [9.17, 15) is 9.59 Å². The van der Waals surface area contributed by atoms with E-state index in [1.54, 1.807) is 24.7 Å². The molecule has 0 bridgehead atoms. The minimum atomic E-state index is -0.251. The van der Waals surface area contributed by atoms with E-state index in [-0.39, 0.29) is 17.5 Å². The van der Waals surface area contributed by atoms with Crippen LogP contribution < -0.4 is 5.69 Å². The van der Waals surface area contributed by atoms with Crippen LogP contribution in [0.4, 0.5) is 0 Å². The third-order valence-corrected chi connectivity index (χ3v) is 5.27. The van der Waals surface area contributed by atoms with Gasteiger partial charge < -0.3 is 4.90 Å². The number of aromatic amines is 1. The summed E-state index contributed by atoms with van der Waals surface area (Å²) >= 11 is 0. The maximum absolute atomic E-state index is 12.4. The van der Waals surface area contributed by atoms with Crippen LogP contribution in [0.1, 0.15) is 31.4 Å². The number of carbonyl (C=O) groups is 1. The molecule has 134 valence electrons. The highest BCUT2D eigenvalue weighted by molar-refractivity contribution is 5.83. The molecule has 1 aliphatic heterocycles. The summed E-state index contributed by atoms with van der Waals surface area (Å²) in [4.78, 5) is 30.1. The summed E-state index contributed by atoms with van der Waals surface area (Å²) in [6.45, 7) is 3.06. The molecule has 0 spiro atoms. The lowest BCUT2D eigenvalue weighted by Crippen LogP contribution is -2.37. The van der Waals surface area contributed by atoms with Gasteiger partial charge in [0.1, 0.15) is 0 Å². The number of rotatable bonds is 2. The fraction of sp³-hybridized carbons (Fsp3) is 0.368. The Balaban J connectivity index is 1.70. The number of fused-ring (bicyclic) bond motifs is 1. The monoisotopic (exact) mass is 351 g/mol. The average Bonchev–Trinajstić information content (AvgIpc) is 3.11. The maximum Gasteiger partial charge on any atom is 0.348 e. The van der Waals surface area contributed by atoms with Crippen LogP contribution in [0.5, 0.6) is 0 Å². The van der Waals surface area contributed by atoms with Gasteiger partial charge >= 0.3 is 5.69 Å². The van der Waals surface area contributed by atoms with E-state index in [1.165, 1.54) is 0 Å². The first-order chi connectivity index (χ1) is 12.5. The van der Waals surface area contributed by atoms with Gasteiger partial charge in [-0.1, -0.05) is 6.07 Å². The standard InChI is InChI=1S/C19H21N5O2/c1-12(25)24-7-5-13(6-8-24)18-10-17(21-19(26)23(18)2)14-3-4-16-15(9-14)11-20-22-16/h3-4,9-11,13H,5-8H2,1-2H3,(H,20,22). The van der Waals surface area contributed by atoms with Gasteiger partial charge in [-0.05, 0) is 31.0 Å². The van der Waals surface area contributed by atoms with Crippen molar-refractivity contribution in [3.05, 3.63) is 46.6 Å². The highest BCUT2D eigenvalue weighted by Gasteiger charge is 2.24. The first kappa shape index (κ1) is 16.5. The lowest BCUT2D eigenvalue weighted by Gasteiger charge is -2.32. The summed E-state index contributed by atoms with van der Waals surface area (Å²) in [7, 11) is 1.77. The summed E-state index contributed by atoms with van der Waals surface area (Å²) in [5.74, 6) is 0.365. The number of nitrogens with zero attached hydrogens (tertiary/aromatic N) is 4.